The van der Waals surface area contributed by atoms with Gasteiger partial charge in [0.25, 0.3) is 11.8 Å². The van der Waals surface area contributed by atoms with Crippen LogP contribution in [0.2, 0.25) is 0 Å². The topological polar surface area (TPSA) is 116 Å². The summed E-state index contributed by atoms with van der Waals surface area (Å²) in [6.45, 7) is 7.20. The maximum Gasteiger partial charge on any atom is 0.270 e. The standard InChI is InChI=1S/C26H37N3O5S/c1-5-7-18-26(32,19-8-6-2)25(31)27-29(22-12-10-9-11-13-22)24(30)21(4)28-35(33,34)23-16-14-20(3)15-17-23/h9-17,21,28,32H,5-8,18-19H2,1-4H3,(H,27,31)/t21-/m1/s1. The number of carbonyl (C=O) groups is 2. The van der Waals surface area contributed by atoms with E-state index in [0.29, 0.717) is 18.5 Å². The molecule has 2 rings (SSSR count). The Balaban J connectivity index is 2.30. The van der Waals surface area contributed by atoms with Crippen LogP contribution in [0.4, 0.5) is 5.69 Å². The van der Waals surface area contributed by atoms with Gasteiger partial charge in [0.1, 0.15) is 11.6 Å². The number of aryl methyl sites for hydroxylation is 1. The minimum atomic E-state index is -3.98. The van der Waals surface area contributed by atoms with Gasteiger partial charge in [0, 0.05) is 0 Å². The Kier molecular flexibility index (Phi) is 10.4. The molecule has 2 aromatic carbocycles. The fourth-order valence-corrected chi connectivity index (χ4v) is 4.78. The fraction of sp³-hybridized carbons (Fsp3) is 0.462. The highest BCUT2D eigenvalue weighted by atomic mass is 32.2. The van der Waals surface area contributed by atoms with Gasteiger partial charge >= 0.3 is 0 Å². The van der Waals surface area contributed by atoms with Crippen molar-refractivity contribution in [2.75, 3.05) is 5.01 Å². The van der Waals surface area contributed by atoms with Crippen LogP contribution in [0, 0.1) is 6.92 Å². The first-order valence-electron chi connectivity index (χ1n) is 12.1. The normalized spacial score (nSPS) is 12.7. The summed E-state index contributed by atoms with van der Waals surface area (Å²) in [5.74, 6) is -1.38. The lowest BCUT2D eigenvalue weighted by atomic mass is 9.90. The molecule has 0 aromatic heterocycles. The van der Waals surface area contributed by atoms with Crippen molar-refractivity contribution in [1.29, 1.82) is 0 Å². The molecular formula is C26H37N3O5S. The number of aliphatic hydroxyl groups is 1. The molecule has 0 aliphatic carbocycles. The van der Waals surface area contributed by atoms with Gasteiger partial charge in [0.05, 0.1) is 10.6 Å². The summed E-state index contributed by atoms with van der Waals surface area (Å²) in [5, 5.41) is 12.2. The van der Waals surface area contributed by atoms with E-state index in [9.17, 15) is 23.1 Å². The zero-order valence-electron chi connectivity index (χ0n) is 21.0. The van der Waals surface area contributed by atoms with Gasteiger partial charge in [-0.3, -0.25) is 15.0 Å². The summed E-state index contributed by atoms with van der Waals surface area (Å²) in [6.07, 6.45) is 3.45. The molecule has 0 spiro atoms. The number of unbranched alkanes of at least 4 members (excludes halogenated alkanes) is 2. The maximum atomic E-state index is 13.4. The van der Waals surface area contributed by atoms with Gasteiger partial charge in [-0.2, -0.15) is 4.72 Å². The number of rotatable bonds is 12. The van der Waals surface area contributed by atoms with Gasteiger partial charge in [-0.25, -0.2) is 13.4 Å². The molecule has 35 heavy (non-hydrogen) atoms. The van der Waals surface area contributed by atoms with Crippen LogP contribution in [0.15, 0.2) is 59.5 Å². The van der Waals surface area contributed by atoms with Crippen LogP contribution >= 0.6 is 0 Å². The lowest BCUT2D eigenvalue weighted by molar-refractivity contribution is -0.143. The molecule has 3 N–H and O–H groups in total. The van der Waals surface area contributed by atoms with Gasteiger partial charge in [-0.1, -0.05) is 75.4 Å². The third-order valence-corrected chi connectivity index (χ3v) is 7.35. The largest absolute Gasteiger partial charge is 0.380 e. The number of hydrogen-bond donors (Lipinski definition) is 3. The first kappa shape index (κ1) is 28.5. The van der Waals surface area contributed by atoms with Gasteiger partial charge in [0.2, 0.25) is 10.0 Å². The highest BCUT2D eigenvalue weighted by Gasteiger charge is 2.37. The second kappa shape index (κ2) is 12.8. The van der Waals surface area contributed by atoms with Crippen molar-refractivity contribution in [1.82, 2.24) is 10.1 Å². The smallest absolute Gasteiger partial charge is 0.270 e. The number of hydrazine groups is 1. The maximum absolute atomic E-state index is 13.4. The highest BCUT2D eigenvalue weighted by molar-refractivity contribution is 7.89. The van der Waals surface area contributed by atoms with Crippen LogP contribution in [-0.4, -0.2) is 37.0 Å². The molecule has 9 heteroatoms. The van der Waals surface area contributed by atoms with E-state index < -0.39 is 33.5 Å². The number of para-hydroxylation sites is 1. The Labute approximate surface area is 208 Å². The molecule has 0 heterocycles. The number of amides is 2. The molecule has 2 amide bonds. The van der Waals surface area contributed by atoms with Crippen LogP contribution in [-0.2, 0) is 19.6 Å². The zero-order valence-corrected chi connectivity index (χ0v) is 21.8. The summed E-state index contributed by atoms with van der Waals surface area (Å²) in [6, 6.07) is 13.5. The molecule has 0 saturated carbocycles. The van der Waals surface area contributed by atoms with Gasteiger partial charge < -0.3 is 5.11 Å². The Morgan fingerprint density at radius 2 is 1.51 bits per heavy atom. The third kappa shape index (κ3) is 7.88. The van der Waals surface area contributed by atoms with Crippen molar-refractivity contribution in [3.63, 3.8) is 0 Å². The number of anilines is 1. The quantitative estimate of drug-likeness (QED) is 0.381. The van der Waals surface area contributed by atoms with Crippen molar-refractivity contribution >= 4 is 27.5 Å². The van der Waals surface area contributed by atoms with Crippen LogP contribution in [0.1, 0.15) is 64.9 Å². The first-order chi connectivity index (χ1) is 16.5. The minimum Gasteiger partial charge on any atom is -0.380 e. The summed E-state index contributed by atoms with van der Waals surface area (Å²) in [7, 11) is -3.98. The Morgan fingerprint density at radius 1 is 0.971 bits per heavy atom. The van der Waals surface area contributed by atoms with E-state index in [4.69, 9.17) is 0 Å². The zero-order chi connectivity index (χ0) is 26.1. The Hall–Kier alpha value is -2.75. The molecule has 8 nitrogen and oxygen atoms in total. The second-order valence-electron chi connectivity index (χ2n) is 8.84. The van der Waals surface area contributed by atoms with E-state index in [2.05, 4.69) is 10.1 Å². The molecule has 1 atom stereocenters. The van der Waals surface area contributed by atoms with E-state index >= 15 is 0 Å². The summed E-state index contributed by atoms with van der Waals surface area (Å²) < 4.78 is 28.0. The molecule has 2 aromatic rings. The van der Waals surface area contributed by atoms with E-state index in [1.54, 1.807) is 42.5 Å². The van der Waals surface area contributed by atoms with E-state index in [-0.39, 0.29) is 17.7 Å². The van der Waals surface area contributed by atoms with E-state index in [1.807, 2.05) is 20.8 Å². The predicted molar refractivity (Wildman–Crippen MR) is 137 cm³/mol. The summed E-state index contributed by atoms with van der Waals surface area (Å²) >= 11 is 0. The second-order valence-corrected chi connectivity index (χ2v) is 10.6. The van der Waals surface area contributed by atoms with Gasteiger partial charge in [-0.05, 0) is 51.0 Å². The first-order valence-corrected chi connectivity index (χ1v) is 13.5. The SMILES string of the molecule is CCCCC(O)(CCCC)C(=O)NN(C(=O)[C@@H](C)NS(=O)(=O)c1ccc(C)cc1)c1ccccc1. The van der Waals surface area contributed by atoms with Crippen molar-refractivity contribution in [2.24, 2.45) is 0 Å². The third-order valence-electron chi connectivity index (χ3n) is 5.79. The number of carbonyl (C=O) groups excluding carboxylic acids is 2. The molecule has 0 fully saturated rings. The Bertz CT molecular complexity index is 1060. The average molecular weight is 504 g/mol. The number of hydrogen-bond acceptors (Lipinski definition) is 5. The van der Waals surface area contributed by atoms with Gasteiger partial charge in [-0.15, -0.1) is 0 Å². The Morgan fingerprint density at radius 3 is 2.03 bits per heavy atom. The summed E-state index contributed by atoms with van der Waals surface area (Å²) in [4.78, 5) is 26.7. The van der Waals surface area contributed by atoms with Crippen LogP contribution in [0.25, 0.3) is 0 Å². The van der Waals surface area contributed by atoms with Crippen molar-refractivity contribution in [3.05, 3.63) is 60.2 Å². The molecule has 0 radical (unpaired) electrons. The predicted octanol–water partition coefficient (Wildman–Crippen LogP) is 3.84. The number of sulfonamides is 1. The fourth-order valence-electron chi connectivity index (χ4n) is 3.58. The molecule has 0 aliphatic rings. The molecule has 192 valence electrons. The van der Waals surface area contributed by atoms with Crippen molar-refractivity contribution in [3.8, 4) is 0 Å². The molecule has 0 unspecified atom stereocenters. The number of benzene rings is 2. The molecule has 0 aliphatic heterocycles. The summed E-state index contributed by atoms with van der Waals surface area (Å²) in [5.41, 5.74) is 2.19. The molecule has 0 bridgehead atoms. The number of nitrogens with one attached hydrogen (secondary N) is 2. The van der Waals surface area contributed by atoms with Crippen LogP contribution in [0.5, 0.6) is 0 Å². The molecular weight excluding hydrogens is 466 g/mol. The molecule has 0 saturated heterocycles. The van der Waals surface area contributed by atoms with Gasteiger partial charge in [0.15, 0.2) is 0 Å². The highest BCUT2D eigenvalue weighted by Crippen LogP contribution is 2.23. The van der Waals surface area contributed by atoms with E-state index in [0.717, 1.165) is 23.4 Å². The lowest BCUT2D eigenvalue weighted by Crippen LogP contribution is -2.59. The monoisotopic (exact) mass is 503 g/mol. The lowest BCUT2D eigenvalue weighted by Gasteiger charge is -2.32. The van der Waals surface area contributed by atoms with Crippen molar-refractivity contribution < 1.29 is 23.1 Å². The van der Waals surface area contributed by atoms with Crippen LogP contribution in [0.3, 0.4) is 0 Å². The van der Waals surface area contributed by atoms with E-state index in [1.165, 1.54) is 19.1 Å². The number of nitrogens with zero attached hydrogens (tertiary/aromatic N) is 1. The minimum absolute atomic E-state index is 0.0338. The average Bonchev–Trinajstić information content (AvgIpc) is 2.84. The van der Waals surface area contributed by atoms with Crippen LogP contribution < -0.4 is 15.2 Å². The van der Waals surface area contributed by atoms with Crippen molar-refractivity contribution in [2.45, 2.75) is 82.8 Å².